The molecule has 17 heavy (non-hydrogen) atoms. The Kier molecular flexibility index (Phi) is 3.74. The third-order valence-corrected chi connectivity index (χ3v) is 3.28. The first-order valence-corrected chi connectivity index (χ1v) is 5.76. The lowest BCUT2D eigenvalue weighted by atomic mass is 9.81. The summed E-state index contributed by atoms with van der Waals surface area (Å²) in [5.41, 5.74) is 1.00. The molecule has 0 spiro atoms. The van der Waals surface area contributed by atoms with Crippen LogP contribution < -0.4 is 5.32 Å². The maximum Gasteiger partial charge on any atom is 0.310 e. The van der Waals surface area contributed by atoms with Gasteiger partial charge in [0.05, 0.1) is 13.0 Å². The molecule has 1 aliphatic rings. The molecule has 0 aliphatic carbocycles. The molecule has 3 nitrogen and oxygen atoms in total. The highest BCUT2D eigenvalue weighted by atomic mass is 19.1. The Hall–Kier alpha value is -1.42. The zero-order chi connectivity index (χ0) is 12.3. The van der Waals surface area contributed by atoms with E-state index in [1.54, 1.807) is 12.1 Å². The molecule has 2 atom stereocenters. The van der Waals surface area contributed by atoms with Gasteiger partial charge >= 0.3 is 5.97 Å². The number of piperidine rings is 1. The van der Waals surface area contributed by atoms with Crippen LogP contribution >= 0.6 is 0 Å². The van der Waals surface area contributed by atoms with Crippen molar-refractivity contribution in [1.29, 1.82) is 0 Å². The van der Waals surface area contributed by atoms with Crippen molar-refractivity contribution < 1.29 is 13.9 Å². The standard InChI is InChI=1S/C13H16FNO2/c1-17-13(16)12-8-15-7-6-11(12)9-2-4-10(14)5-3-9/h2-5,11-12,15H,6-8H2,1H3/t11-,12+/m1/s1. The maximum atomic E-state index is 12.9. The molecule has 1 N–H and O–H groups in total. The van der Waals surface area contributed by atoms with E-state index in [1.165, 1.54) is 19.2 Å². The molecule has 0 bridgehead atoms. The molecule has 1 aromatic rings. The molecule has 92 valence electrons. The summed E-state index contributed by atoms with van der Waals surface area (Å²) in [5, 5.41) is 3.19. The van der Waals surface area contributed by atoms with Crippen LogP contribution in [-0.2, 0) is 9.53 Å². The second kappa shape index (κ2) is 5.27. The van der Waals surface area contributed by atoms with Gasteiger partial charge in [-0.25, -0.2) is 4.39 Å². The van der Waals surface area contributed by atoms with Crippen molar-refractivity contribution in [3.8, 4) is 0 Å². The zero-order valence-corrected chi connectivity index (χ0v) is 9.78. The van der Waals surface area contributed by atoms with Crippen LogP contribution in [0.5, 0.6) is 0 Å². The number of benzene rings is 1. The van der Waals surface area contributed by atoms with E-state index in [2.05, 4.69) is 5.32 Å². The molecule has 1 fully saturated rings. The van der Waals surface area contributed by atoms with E-state index in [1.807, 2.05) is 0 Å². The molecular formula is C13H16FNO2. The van der Waals surface area contributed by atoms with Gasteiger partial charge in [-0.3, -0.25) is 4.79 Å². The smallest absolute Gasteiger partial charge is 0.310 e. The highest BCUT2D eigenvalue weighted by Gasteiger charge is 2.32. The summed E-state index contributed by atoms with van der Waals surface area (Å²) < 4.78 is 17.7. The van der Waals surface area contributed by atoms with Crippen LogP contribution in [0.15, 0.2) is 24.3 Å². The van der Waals surface area contributed by atoms with Crippen LogP contribution in [-0.4, -0.2) is 26.2 Å². The van der Waals surface area contributed by atoms with Gasteiger partial charge in [0.1, 0.15) is 5.82 Å². The third kappa shape index (κ3) is 2.64. The number of hydrogen-bond donors (Lipinski definition) is 1. The van der Waals surface area contributed by atoms with Crippen molar-refractivity contribution in [2.45, 2.75) is 12.3 Å². The summed E-state index contributed by atoms with van der Waals surface area (Å²) in [7, 11) is 1.40. The Morgan fingerprint density at radius 3 is 2.76 bits per heavy atom. The summed E-state index contributed by atoms with van der Waals surface area (Å²) in [6, 6.07) is 6.37. The molecule has 2 rings (SSSR count). The second-order valence-electron chi connectivity index (χ2n) is 4.28. The molecule has 4 heteroatoms. The van der Waals surface area contributed by atoms with Crippen molar-refractivity contribution in [2.75, 3.05) is 20.2 Å². The average Bonchev–Trinajstić information content (AvgIpc) is 2.39. The van der Waals surface area contributed by atoms with Crippen LogP contribution in [0.1, 0.15) is 17.9 Å². The predicted octanol–water partition coefficient (Wildman–Crippen LogP) is 1.69. The number of carbonyl (C=O) groups excluding carboxylic acids is 1. The first kappa shape index (κ1) is 12.0. The SMILES string of the molecule is COC(=O)[C@H]1CNCC[C@@H]1c1ccc(F)cc1. The molecule has 0 radical (unpaired) electrons. The Morgan fingerprint density at radius 1 is 1.41 bits per heavy atom. The van der Waals surface area contributed by atoms with Crippen molar-refractivity contribution >= 4 is 5.97 Å². The summed E-state index contributed by atoms with van der Waals surface area (Å²) in [6.07, 6.45) is 0.866. The normalized spacial score (nSPS) is 24.4. The number of hydrogen-bond acceptors (Lipinski definition) is 3. The average molecular weight is 237 g/mol. The van der Waals surface area contributed by atoms with Crippen LogP contribution in [0.3, 0.4) is 0 Å². The maximum absolute atomic E-state index is 12.9. The molecule has 1 saturated heterocycles. The summed E-state index contributed by atoms with van der Waals surface area (Å²) in [5.74, 6) is -0.521. The summed E-state index contributed by atoms with van der Waals surface area (Å²) in [4.78, 5) is 11.7. The van der Waals surface area contributed by atoms with Gasteiger partial charge < -0.3 is 10.1 Å². The Bertz CT molecular complexity index is 391. The van der Waals surface area contributed by atoms with Gasteiger partial charge in [0.15, 0.2) is 0 Å². The minimum Gasteiger partial charge on any atom is -0.469 e. The molecule has 0 unspecified atom stereocenters. The van der Waals surface area contributed by atoms with Gasteiger partial charge in [0, 0.05) is 6.54 Å². The van der Waals surface area contributed by atoms with E-state index in [4.69, 9.17) is 4.74 Å². The first-order chi connectivity index (χ1) is 8.22. The number of ether oxygens (including phenoxy) is 1. The lowest BCUT2D eigenvalue weighted by Gasteiger charge is -2.30. The number of methoxy groups -OCH3 is 1. The van der Waals surface area contributed by atoms with Gasteiger partial charge in [0.2, 0.25) is 0 Å². The quantitative estimate of drug-likeness (QED) is 0.795. The largest absolute Gasteiger partial charge is 0.469 e. The minimum atomic E-state index is -0.252. The molecule has 1 heterocycles. The van der Waals surface area contributed by atoms with Gasteiger partial charge in [-0.1, -0.05) is 12.1 Å². The molecule has 1 aliphatic heterocycles. The zero-order valence-electron chi connectivity index (χ0n) is 9.78. The van der Waals surface area contributed by atoms with E-state index in [-0.39, 0.29) is 23.6 Å². The summed E-state index contributed by atoms with van der Waals surface area (Å²) in [6.45, 7) is 1.49. The first-order valence-electron chi connectivity index (χ1n) is 5.76. The molecule has 0 saturated carbocycles. The Morgan fingerprint density at radius 2 is 2.12 bits per heavy atom. The van der Waals surface area contributed by atoms with Gasteiger partial charge in [-0.2, -0.15) is 0 Å². The van der Waals surface area contributed by atoms with E-state index in [0.29, 0.717) is 6.54 Å². The topological polar surface area (TPSA) is 38.3 Å². The fraction of sp³-hybridized carbons (Fsp3) is 0.462. The molecule has 0 aromatic heterocycles. The van der Waals surface area contributed by atoms with E-state index in [0.717, 1.165) is 18.5 Å². The van der Waals surface area contributed by atoms with E-state index < -0.39 is 0 Å². The Balaban J connectivity index is 2.21. The van der Waals surface area contributed by atoms with Gasteiger partial charge in [0.25, 0.3) is 0 Å². The fourth-order valence-corrected chi connectivity index (χ4v) is 2.37. The summed E-state index contributed by atoms with van der Waals surface area (Å²) >= 11 is 0. The number of rotatable bonds is 2. The van der Waals surface area contributed by atoms with Gasteiger partial charge in [-0.05, 0) is 36.6 Å². The molecule has 1 aromatic carbocycles. The van der Waals surface area contributed by atoms with Crippen LogP contribution in [0.4, 0.5) is 4.39 Å². The number of carbonyl (C=O) groups is 1. The van der Waals surface area contributed by atoms with Gasteiger partial charge in [-0.15, -0.1) is 0 Å². The van der Waals surface area contributed by atoms with Crippen molar-refractivity contribution in [1.82, 2.24) is 5.32 Å². The molecule has 0 amide bonds. The van der Waals surface area contributed by atoms with E-state index >= 15 is 0 Å². The lowest BCUT2D eigenvalue weighted by Crippen LogP contribution is -2.40. The second-order valence-corrected chi connectivity index (χ2v) is 4.28. The Labute approximate surface area is 100.0 Å². The number of esters is 1. The van der Waals surface area contributed by atoms with Crippen molar-refractivity contribution in [3.63, 3.8) is 0 Å². The van der Waals surface area contributed by atoms with E-state index in [9.17, 15) is 9.18 Å². The van der Waals surface area contributed by atoms with Crippen molar-refractivity contribution in [3.05, 3.63) is 35.6 Å². The van der Waals surface area contributed by atoms with Crippen molar-refractivity contribution in [2.24, 2.45) is 5.92 Å². The molecular weight excluding hydrogens is 221 g/mol. The monoisotopic (exact) mass is 237 g/mol. The number of nitrogens with one attached hydrogen (secondary N) is 1. The number of halogens is 1. The minimum absolute atomic E-state index is 0.115. The fourth-order valence-electron chi connectivity index (χ4n) is 2.37. The highest BCUT2D eigenvalue weighted by Crippen LogP contribution is 2.31. The predicted molar refractivity (Wildman–Crippen MR) is 62.1 cm³/mol. The highest BCUT2D eigenvalue weighted by molar-refractivity contribution is 5.74. The lowest BCUT2D eigenvalue weighted by molar-refractivity contribution is -0.146. The van der Waals surface area contributed by atoms with Crippen LogP contribution in [0.25, 0.3) is 0 Å². The third-order valence-electron chi connectivity index (χ3n) is 3.28. The van der Waals surface area contributed by atoms with Crippen LogP contribution in [0, 0.1) is 11.7 Å². The van der Waals surface area contributed by atoms with Crippen LogP contribution in [0.2, 0.25) is 0 Å².